The number of anilines is 2. The fraction of sp³-hybridized carbons (Fsp3) is 0.345. The minimum absolute atomic E-state index is 0.0342. The standard InChI is InChI=1S/C29H16F19N3O3/c30-15(16(31)23(35)36)22(34)24(37,38)25(39,40)26(41,42)27(43,44)28(45,46)29(47,48)54-21-17(32)19(52-12-5-1-10(50)2-6-12)14(9-49)20(18(21)33)53-13-7-3-11(51)4-8-13/h1-8,15-16,22-23H,50-51H2. The van der Waals surface area contributed by atoms with E-state index in [4.69, 9.17) is 20.9 Å². The molecule has 0 saturated heterocycles. The maximum Gasteiger partial charge on any atom is 0.471 e. The first kappa shape index (κ1) is 43.2. The summed E-state index contributed by atoms with van der Waals surface area (Å²) in [6.07, 6.45) is -28.5. The molecule has 0 fully saturated rings. The van der Waals surface area contributed by atoms with Gasteiger partial charge in [-0.15, -0.1) is 0 Å². The second-order valence-corrected chi connectivity index (χ2v) is 10.6. The fourth-order valence-electron chi connectivity index (χ4n) is 3.97. The summed E-state index contributed by atoms with van der Waals surface area (Å²) in [6, 6.07) is 8.42. The largest absolute Gasteiger partial charge is 0.471 e. The molecule has 0 aromatic heterocycles. The monoisotopic (exact) mass is 815 g/mol. The number of nitriles is 1. The highest BCUT2D eigenvalue weighted by Gasteiger charge is 2.92. The smallest absolute Gasteiger partial charge is 0.453 e. The molecule has 0 bridgehead atoms. The topological polar surface area (TPSA) is 104 Å². The van der Waals surface area contributed by atoms with Gasteiger partial charge in [-0.3, -0.25) is 0 Å². The number of nitrogen functional groups attached to an aromatic ring is 2. The Kier molecular flexibility index (Phi) is 11.7. The van der Waals surface area contributed by atoms with E-state index in [0.717, 1.165) is 54.6 Å². The Labute approximate surface area is 287 Å². The van der Waals surface area contributed by atoms with Gasteiger partial charge >= 0.3 is 35.7 Å². The van der Waals surface area contributed by atoms with Gasteiger partial charge in [0.2, 0.25) is 23.6 Å². The van der Waals surface area contributed by atoms with Crippen molar-refractivity contribution in [2.45, 2.75) is 60.7 Å². The molecule has 3 aromatic rings. The Bertz CT molecular complexity index is 1780. The Morgan fingerprint density at radius 1 is 0.537 bits per heavy atom. The minimum atomic E-state index is -8.71. The fourth-order valence-corrected chi connectivity index (χ4v) is 3.97. The molecule has 0 radical (unpaired) electrons. The van der Waals surface area contributed by atoms with Crippen LogP contribution < -0.4 is 25.7 Å². The molecule has 3 rings (SSSR count). The van der Waals surface area contributed by atoms with Crippen LogP contribution in [0.4, 0.5) is 94.8 Å². The molecule has 6 nitrogen and oxygen atoms in total. The summed E-state index contributed by atoms with van der Waals surface area (Å²) in [5.41, 5.74) is 9.30. The van der Waals surface area contributed by atoms with Crippen LogP contribution >= 0.6 is 0 Å². The third-order valence-corrected chi connectivity index (χ3v) is 6.93. The molecule has 0 heterocycles. The quantitative estimate of drug-likeness (QED) is 0.117. The van der Waals surface area contributed by atoms with Crippen molar-refractivity contribution in [2.75, 3.05) is 11.5 Å². The third kappa shape index (κ3) is 7.20. The van der Waals surface area contributed by atoms with E-state index in [-0.39, 0.29) is 11.4 Å². The Morgan fingerprint density at radius 3 is 1.26 bits per heavy atom. The minimum Gasteiger partial charge on any atom is -0.453 e. The molecule has 298 valence electrons. The van der Waals surface area contributed by atoms with Crippen LogP contribution in [0.25, 0.3) is 0 Å². The molecule has 3 unspecified atom stereocenters. The van der Waals surface area contributed by atoms with Gasteiger partial charge in [-0.1, -0.05) is 0 Å². The van der Waals surface area contributed by atoms with Crippen LogP contribution in [0.3, 0.4) is 0 Å². The van der Waals surface area contributed by atoms with Gasteiger partial charge in [-0.05, 0) is 48.5 Å². The number of rotatable bonds is 15. The predicted octanol–water partition coefficient (Wildman–Crippen LogP) is 10.0. The number of ether oxygens (including phenoxy) is 3. The van der Waals surface area contributed by atoms with Gasteiger partial charge in [0.1, 0.15) is 23.1 Å². The maximum absolute atomic E-state index is 15.6. The molecule has 0 spiro atoms. The number of hydrogen-bond acceptors (Lipinski definition) is 6. The molecule has 25 heteroatoms. The molecule has 4 N–H and O–H groups in total. The second kappa shape index (κ2) is 14.6. The zero-order valence-corrected chi connectivity index (χ0v) is 25.4. The SMILES string of the molecule is N#Cc1c(Oc2ccc(N)cc2)c(F)c(OC(F)(F)C(F)(F)C(F)(F)C(F)(F)C(F)(F)C(F)(F)C(F)C(F)C(F)C(F)F)c(F)c1Oc1ccc(N)cc1. The van der Waals surface area contributed by atoms with Crippen LogP contribution in [0.5, 0.6) is 28.7 Å². The summed E-state index contributed by atoms with van der Waals surface area (Å²) in [4.78, 5) is 0. The van der Waals surface area contributed by atoms with E-state index in [2.05, 4.69) is 4.74 Å². The first-order valence-electron chi connectivity index (χ1n) is 13.7. The summed E-state index contributed by atoms with van der Waals surface area (Å²) >= 11 is 0. The van der Waals surface area contributed by atoms with Gasteiger partial charge in [-0.2, -0.15) is 66.7 Å². The highest BCUT2D eigenvalue weighted by molar-refractivity contribution is 5.61. The number of nitrogens with two attached hydrogens (primary N) is 2. The molecule has 0 aliphatic heterocycles. The molecule has 0 saturated carbocycles. The zero-order chi connectivity index (χ0) is 41.6. The summed E-state index contributed by atoms with van der Waals surface area (Å²) in [7, 11) is 0. The summed E-state index contributed by atoms with van der Waals surface area (Å²) in [5.74, 6) is -55.8. The van der Waals surface area contributed by atoms with E-state index in [0.29, 0.717) is 0 Å². The zero-order valence-electron chi connectivity index (χ0n) is 25.4. The van der Waals surface area contributed by atoms with E-state index in [1.165, 1.54) is 0 Å². The molecular weight excluding hydrogens is 799 g/mol. The molecule has 3 aromatic carbocycles. The van der Waals surface area contributed by atoms with Gasteiger partial charge in [0.05, 0.1) is 0 Å². The van der Waals surface area contributed by atoms with Crippen LogP contribution in [0.15, 0.2) is 48.5 Å². The molecular formula is C29H16F19N3O3. The normalized spacial score (nSPS) is 15.0. The van der Waals surface area contributed by atoms with Crippen molar-refractivity contribution >= 4 is 11.4 Å². The Hall–Kier alpha value is -5.18. The van der Waals surface area contributed by atoms with Gasteiger partial charge in [0, 0.05) is 11.4 Å². The average molecular weight is 815 g/mol. The average Bonchev–Trinajstić information content (AvgIpc) is 3.08. The van der Waals surface area contributed by atoms with Crippen molar-refractivity contribution in [3.8, 4) is 34.8 Å². The van der Waals surface area contributed by atoms with Gasteiger partial charge in [0.25, 0.3) is 6.43 Å². The second-order valence-electron chi connectivity index (χ2n) is 10.6. The molecule has 0 amide bonds. The lowest BCUT2D eigenvalue weighted by molar-refractivity contribution is -0.450. The predicted molar refractivity (Wildman–Crippen MR) is 144 cm³/mol. The van der Waals surface area contributed by atoms with Crippen LogP contribution in [0, 0.1) is 23.0 Å². The Morgan fingerprint density at radius 2 is 0.907 bits per heavy atom. The highest BCUT2D eigenvalue weighted by Crippen LogP contribution is 2.61. The lowest BCUT2D eigenvalue weighted by atomic mass is 9.90. The van der Waals surface area contributed by atoms with Gasteiger partial charge < -0.3 is 25.7 Å². The van der Waals surface area contributed by atoms with E-state index < -0.39 is 107 Å². The van der Waals surface area contributed by atoms with Crippen molar-refractivity contribution in [3.63, 3.8) is 0 Å². The number of halogens is 19. The first-order valence-corrected chi connectivity index (χ1v) is 13.7. The van der Waals surface area contributed by atoms with E-state index in [1.807, 2.05) is 0 Å². The van der Waals surface area contributed by atoms with E-state index >= 15 is 8.78 Å². The van der Waals surface area contributed by atoms with E-state index in [1.54, 1.807) is 0 Å². The van der Waals surface area contributed by atoms with Crippen molar-refractivity contribution in [2.24, 2.45) is 0 Å². The van der Waals surface area contributed by atoms with Crippen LogP contribution in [0.1, 0.15) is 5.56 Å². The van der Waals surface area contributed by atoms with Crippen LogP contribution in [-0.2, 0) is 0 Å². The highest BCUT2D eigenvalue weighted by atomic mass is 19.4. The lowest BCUT2D eigenvalue weighted by Crippen LogP contribution is -2.73. The summed E-state index contributed by atoms with van der Waals surface area (Å²) in [5, 5.41) is 9.60. The third-order valence-electron chi connectivity index (χ3n) is 6.93. The van der Waals surface area contributed by atoms with E-state index in [9.17, 15) is 79.9 Å². The summed E-state index contributed by atoms with van der Waals surface area (Å²) in [6.45, 7) is 0. The molecule has 0 aliphatic carbocycles. The maximum atomic E-state index is 15.6. The van der Waals surface area contributed by atoms with Crippen molar-refractivity contribution < 1.29 is 97.6 Å². The first-order chi connectivity index (χ1) is 24.5. The van der Waals surface area contributed by atoms with Gasteiger partial charge in [0.15, 0.2) is 23.8 Å². The Balaban J connectivity index is 2.21. The number of benzene rings is 3. The number of alkyl halides is 17. The number of hydrogen-bond donors (Lipinski definition) is 2. The van der Waals surface area contributed by atoms with Crippen molar-refractivity contribution in [1.29, 1.82) is 5.26 Å². The van der Waals surface area contributed by atoms with Crippen molar-refractivity contribution in [1.82, 2.24) is 0 Å². The van der Waals surface area contributed by atoms with Crippen LogP contribution in [0.2, 0.25) is 0 Å². The number of nitrogens with zero attached hydrogens (tertiary/aromatic N) is 1. The van der Waals surface area contributed by atoms with Crippen molar-refractivity contribution in [3.05, 3.63) is 65.7 Å². The van der Waals surface area contributed by atoms with Crippen LogP contribution in [-0.4, -0.2) is 60.7 Å². The van der Waals surface area contributed by atoms with Gasteiger partial charge in [-0.25, -0.2) is 22.0 Å². The molecule has 3 atom stereocenters. The molecule has 54 heavy (non-hydrogen) atoms. The summed E-state index contributed by atoms with van der Waals surface area (Å²) < 4.78 is 282. The molecule has 0 aliphatic rings. The lowest BCUT2D eigenvalue weighted by Gasteiger charge is -2.41.